The summed E-state index contributed by atoms with van der Waals surface area (Å²) in [4.78, 5) is 32.3. The zero-order valence-corrected chi connectivity index (χ0v) is 17.9. The minimum Gasteiger partial charge on any atom is -0.459 e. The Hall–Kier alpha value is -3.09. The van der Waals surface area contributed by atoms with Gasteiger partial charge in [0.05, 0.1) is 12.2 Å². The van der Waals surface area contributed by atoms with E-state index in [9.17, 15) is 18.0 Å². The molecule has 0 unspecified atom stereocenters. The van der Waals surface area contributed by atoms with Gasteiger partial charge in [0.25, 0.3) is 10.0 Å². The quantitative estimate of drug-likeness (QED) is 0.625. The van der Waals surface area contributed by atoms with Gasteiger partial charge in [0.15, 0.2) is 6.29 Å². The Morgan fingerprint density at radius 2 is 1.87 bits per heavy atom. The minimum atomic E-state index is -4.40. The number of hydrogen-bond donors (Lipinski definition) is 2. The summed E-state index contributed by atoms with van der Waals surface area (Å²) in [6, 6.07) is 6.01. The predicted molar refractivity (Wildman–Crippen MR) is 108 cm³/mol. The van der Waals surface area contributed by atoms with Crippen molar-refractivity contribution in [2.75, 3.05) is 18.5 Å². The highest BCUT2D eigenvalue weighted by atomic mass is 32.2. The van der Waals surface area contributed by atoms with Gasteiger partial charge in [-0.15, -0.1) is 0 Å². The van der Waals surface area contributed by atoms with E-state index in [1.54, 1.807) is 26.8 Å². The van der Waals surface area contributed by atoms with Crippen molar-refractivity contribution >= 4 is 28.0 Å². The molecular formula is C19H22N4O7S. The highest BCUT2D eigenvalue weighted by Crippen LogP contribution is 2.18. The van der Waals surface area contributed by atoms with Crippen LogP contribution in [0.15, 0.2) is 35.2 Å². The number of nitrogens with zero attached hydrogens (tertiary/aromatic N) is 2. The first-order valence-corrected chi connectivity index (χ1v) is 10.8. The maximum Gasteiger partial charge on any atom is 0.339 e. The lowest BCUT2D eigenvalue weighted by molar-refractivity contribution is -0.0536. The molecular weight excluding hydrogens is 428 g/mol. The number of aromatic nitrogens is 2. The van der Waals surface area contributed by atoms with E-state index < -0.39 is 39.3 Å². The summed E-state index contributed by atoms with van der Waals surface area (Å²) in [6.45, 7) is 5.29. The van der Waals surface area contributed by atoms with Crippen LogP contribution in [0.4, 0.5) is 10.7 Å². The number of carbonyl (C=O) groups excluding carboxylic acids is 2. The Kier molecular flexibility index (Phi) is 6.83. The molecule has 12 heteroatoms. The van der Waals surface area contributed by atoms with Gasteiger partial charge < -0.3 is 14.2 Å². The Labute approximate surface area is 179 Å². The highest BCUT2D eigenvalue weighted by molar-refractivity contribution is 7.90. The molecule has 1 aromatic heterocycles. The van der Waals surface area contributed by atoms with Crippen molar-refractivity contribution < 1.29 is 32.2 Å². The number of aryl methyl sites for hydroxylation is 2. The molecule has 0 aliphatic carbocycles. The van der Waals surface area contributed by atoms with Crippen LogP contribution in [0.3, 0.4) is 0 Å². The second-order valence-electron chi connectivity index (χ2n) is 6.79. The van der Waals surface area contributed by atoms with Crippen molar-refractivity contribution in [3.05, 3.63) is 47.3 Å². The molecule has 0 bridgehead atoms. The second-order valence-corrected chi connectivity index (χ2v) is 8.44. The van der Waals surface area contributed by atoms with Crippen LogP contribution in [0.25, 0.3) is 0 Å². The van der Waals surface area contributed by atoms with E-state index in [2.05, 4.69) is 15.3 Å². The molecule has 2 N–H and O–H groups in total. The van der Waals surface area contributed by atoms with E-state index in [1.807, 2.05) is 4.72 Å². The number of ether oxygens (including phenoxy) is 3. The average Bonchev–Trinajstić information content (AvgIpc) is 3.10. The summed E-state index contributed by atoms with van der Waals surface area (Å²) < 4.78 is 43.1. The molecule has 11 nitrogen and oxygen atoms in total. The fourth-order valence-corrected chi connectivity index (χ4v) is 3.99. The normalized spacial score (nSPS) is 18.4. The fourth-order valence-electron chi connectivity index (χ4n) is 2.88. The van der Waals surface area contributed by atoms with E-state index >= 15 is 0 Å². The van der Waals surface area contributed by atoms with Crippen LogP contribution in [0.2, 0.25) is 0 Å². The van der Waals surface area contributed by atoms with Crippen LogP contribution in [0.1, 0.15) is 28.7 Å². The monoisotopic (exact) mass is 450 g/mol. The number of nitrogens with one attached hydrogen (secondary N) is 2. The maximum absolute atomic E-state index is 12.7. The molecule has 2 amide bonds. The molecule has 31 heavy (non-hydrogen) atoms. The van der Waals surface area contributed by atoms with Gasteiger partial charge in [0, 0.05) is 11.4 Å². The van der Waals surface area contributed by atoms with Gasteiger partial charge in [-0.2, -0.15) is 0 Å². The minimum absolute atomic E-state index is 0.0501. The lowest BCUT2D eigenvalue weighted by atomic mass is 10.2. The Morgan fingerprint density at radius 1 is 1.19 bits per heavy atom. The molecule has 166 valence electrons. The van der Waals surface area contributed by atoms with Crippen molar-refractivity contribution in [1.29, 1.82) is 0 Å². The van der Waals surface area contributed by atoms with E-state index in [0.717, 1.165) is 0 Å². The molecule has 2 heterocycles. The van der Waals surface area contributed by atoms with Gasteiger partial charge in [0.1, 0.15) is 17.6 Å². The van der Waals surface area contributed by atoms with Crippen LogP contribution in [0, 0.1) is 13.8 Å². The third-order valence-corrected chi connectivity index (χ3v) is 5.52. The molecule has 0 radical (unpaired) electrons. The maximum atomic E-state index is 12.7. The number of rotatable bonds is 6. The Bertz CT molecular complexity index is 1070. The average molecular weight is 450 g/mol. The number of hydrogen-bond acceptors (Lipinski definition) is 9. The molecule has 1 aliphatic rings. The molecule has 1 fully saturated rings. The summed E-state index contributed by atoms with van der Waals surface area (Å²) in [6.07, 6.45) is -0.843. The smallest absolute Gasteiger partial charge is 0.339 e. The van der Waals surface area contributed by atoms with Gasteiger partial charge >= 0.3 is 12.0 Å². The number of esters is 1. The molecule has 1 saturated heterocycles. The van der Waals surface area contributed by atoms with Crippen LogP contribution < -0.4 is 10.0 Å². The van der Waals surface area contributed by atoms with Crippen LogP contribution in [0.5, 0.6) is 0 Å². The van der Waals surface area contributed by atoms with Gasteiger partial charge in [-0.25, -0.2) is 32.7 Å². The Balaban J connectivity index is 1.70. The molecule has 0 saturated carbocycles. The molecule has 1 aliphatic heterocycles. The number of carbonyl (C=O) groups is 2. The van der Waals surface area contributed by atoms with Crippen LogP contribution in [-0.4, -0.2) is 56.0 Å². The van der Waals surface area contributed by atoms with Gasteiger partial charge in [-0.05, 0) is 39.0 Å². The van der Waals surface area contributed by atoms with Crippen LogP contribution >= 0.6 is 0 Å². The molecule has 1 aromatic carbocycles. The van der Waals surface area contributed by atoms with E-state index in [1.165, 1.54) is 24.3 Å². The summed E-state index contributed by atoms with van der Waals surface area (Å²) in [7, 11) is -4.40. The van der Waals surface area contributed by atoms with Gasteiger partial charge in [-0.1, -0.05) is 12.1 Å². The summed E-state index contributed by atoms with van der Waals surface area (Å²) >= 11 is 0. The molecule has 2 aromatic rings. The van der Waals surface area contributed by atoms with Crippen LogP contribution in [-0.2, 0) is 24.2 Å². The molecule has 0 spiro atoms. The predicted octanol–water partition coefficient (Wildman–Crippen LogP) is 1.52. The summed E-state index contributed by atoms with van der Waals surface area (Å²) in [5, 5.41) is 2.27. The molecule has 2 atom stereocenters. The standard InChI is InChI=1S/C19H22N4O7S/c1-11-8-12(2)21-18(20-11)22-19(25)23-31(26,27)16-7-5-4-6-15(16)17(24)29-10-14-9-28-13(3)30-14/h4-8,13-14H,9-10H2,1-3H3,(H2,20,21,22,23,25)/t13-,14-/m1/s1. The van der Waals surface area contributed by atoms with E-state index in [0.29, 0.717) is 11.4 Å². The Morgan fingerprint density at radius 3 is 2.52 bits per heavy atom. The SMILES string of the molecule is Cc1cc(C)nc(NC(=O)NS(=O)(=O)c2ccccc2C(=O)OC[C@H]2CO[C@@H](C)O2)n1. The number of sulfonamides is 1. The zero-order chi connectivity index (χ0) is 22.6. The highest BCUT2D eigenvalue weighted by Gasteiger charge is 2.28. The van der Waals surface area contributed by atoms with Crippen molar-refractivity contribution in [2.24, 2.45) is 0 Å². The van der Waals surface area contributed by atoms with Crippen molar-refractivity contribution in [2.45, 2.75) is 38.1 Å². The topological polar surface area (TPSA) is 146 Å². The third-order valence-electron chi connectivity index (χ3n) is 4.13. The lowest BCUT2D eigenvalue weighted by Gasteiger charge is -2.13. The van der Waals surface area contributed by atoms with Gasteiger partial charge in [-0.3, -0.25) is 5.32 Å². The van der Waals surface area contributed by atoms with E-state index in [-0.39, 0.29) is 24.7 Å². The number of urea groups is 1. The number of anilines is 1. The lowest BCUT2D eigenvalue weighted by Crippen LogP contribution is -2.35. The first-order chi connectivity index (χ1) is 14.6. The third kappa shape index (κ3) is 5.96. The van der Waals surface area contributed by atoms with Crippen molar-refractivity contribution in [3.8, 4) is 0 Å². The molecule has 3 rings (SSSR count). The van der Waals surface area contributed by atoms with Gasteiger partial charge in [0.2, 0.25) is 5.95 Å². The fraction of sp³-hybridized carbons (Fsp3) is 0.368. The largest absolute Gasteiger partial charge is 0.459 e. The van der Waals surface area contributed by atoms with Crippen molar-refractivity contribution in [1.82, 2.24) is 14.7 Å². The zero-order valence-electron chi connectivity index (χ0n) is 17.1. The summed E-state index contributed by atoms with van der Waals surface area (Å²) in [5.41, 5.74) is 0.979. The first-order valence-electron chi connectivity index (χ1n) is 9.33. The number of benzene rings is 1. The van der Waals surface area contributed by atoms with E-state index in [4.69, 9.17) is 14.2 Å². The second kappa shape index (κ2) is 9.37. The summed E-state index contributed by atoms with van der Waals surface area (Å²) in [5.74, 6) is -0.923. The number of amides is 2. The van der Waals surface area contributed by atoms with Crippen molar-refractivity contribution in [3.63, 3.8) is 0 Å². The first kappa shape index (κ1) is 22.6.